The SMILES string of the molecule is CCCCCCC(C=NO)(CCCCCC)O[P+](=O)O. The van der Waals surface area contributed by atoms with Crippen molar-refractivity contribution < 1.29 is 19.2 Å². The fourth-order valence-corrected chi connectivity index (χ4v) is 2.87. The number of hydrogen-bond acceptors (Lipinski definition) is 4. The number of oxime groups is 1. The van der Waals surface area contributed by atoms with Crippen LogP contribution in [0, 0.1) is 0 Å². The summed E-state index contributed by atoms with van der Waals surface area (Å²) in [4.78, 5) is 9.06. The summed E-state index contributed by atoms with van der Waals surface area (Å²) in [7, 11) is -2.70. The van der Waals surface area contributed by atoms with Crippen LogP contribution in [0.3, 0.4) is 0 Å². The Morgan fingerprint density at radius 2 is 1.55 bits per heavy atom. The van der Waals surface area contributed by atoms with E-state index in [2.05, 4.69) is 19.0 Å². The van der Waals surface area contributed by atoms with E-state index in [1.165, 1.54) is 6.21 Å². The van der Waals surface area contributed by atoms with E-state index in [9.17, 15) is 4.57 Å². The minimum atomic E-state index is -2.70. The van der Waals surface area contributed by atoms with Gasteiger partial charge < -0.3 is 5.21 Å². The summed E-state index contributed by atoms with van der Waals surface area (Å²) in [5.41, 5.74) is -0.904. The standard InChI is InChI=1S/C14H28NO4P/c1-3-5-7-9-11-14(13-15-16,19-20(17)18)12-10-8-6-4-2/h13H,3-12H2,1-2H3,(H-,16,17,18)/p+1. The van der Waals surface area contributed by atoms with Crippen molar-refractivity contribution in [2.75, 3.05) is 0 Å². The fourth-order valence-electron chi connectivity index (χ4n) is 2.33. The lowest BCUT2D eigenvalue weighted by molar-refractivity contribution is 0.109. The van der Waals surface area contributed by atoms with Gasteiger partial charge in [-0.05, 0) is 25.7 Å². The Hall–Kier alpha value is -0.510. The van der Waals surface area contributed by atoms with Gasteiger partial charge in [0.05, 0.1) is 6.21 Å². The lowest BCUT2D eigenvalue weighted by Gasteiger charge is -2.22. The van der Waals surface area contributed by atoms with E-state index in [4.69, 9.17) is 14.6 Å². The second kappa shape index (κ2) is 12.2. The molecule has 0 saturated carbocycles. The summed E-state index contributed by atoms with van der Waals surface area (Å²) < 4.78 is 16.2. The zero-order chi connectivity index (χ0) is 15.3. The Labute approximate surface area is 123 Å². The average Bonchev–Trinajstić information content (AvgIpc) is 2.39. The molecule has 0 aliphatic heterocycles. The Balaban J connectivity index is 4.53. The van der Waals surface area contributed by atoms with Crippen LogP contribution in [0.25, 0.3) is 0 Å². The van der Waals surface area contributed by atoms with E-state index in [1.807, 2.05) is 0 Å². The van der Waals surface area contributed by atoms with Crippen molar-refractivity contribution in [3.8, 4) is 0 Å². The first-order valence-electron chi connectivity index (χ1n) is 7.64. The maximum Gasteiger partial charge on any atom is 0.695 e. The molecule has 0 aromatic rings. The third kappa shape index (κ3) is 9.40. The van der Waals surface area contributed by atoms with E-state index >= 15 is 0 Å². The summed E-state index contributed by atoms with van der Waals surface area (Å²) in [6, 6.07) is 0. The highest BCUT2D eigenvalue weighted by molar-refractivity contribution is 7.32. The van der Waals surface area contributed by atoms with Gasteiger partial charge in [0.15, 0.2) is 5.60 Å². The molecule has 0 saturated heterocycles. The molecule has 1 atom stereocenters. The molecule has 0 rings (SSSR count). The molecule has 0 bridgehead atoms. The van der Waals surface area contributed by atoms with Crippen LogP contribution in [0.5, 0.6) is 0 Å². The average molecular weight is 306 g/mol. The topological polar surface area (TPSA) is 79.1 Å². The molecule has 0 aliphatic carbocycles. The van der Waals surface area contributed by atoms with Gasteiger partial charge in [-0.3, -0.25) is 0 Å². The van der Waals surface area contributed by atoms with Gasteiger partial charge in [-0.25, -0.2) is 0 Å². The number of hydrogen-bond donors (Lipinski definition) is 2. The van der Waals surface area contributed by atoms with Crippen molar-refractivity contribution in [3.63, 3.8) is 0 Å². The second-order valence-electron chi connectivity index (χ2n) is 5.26. The van der Waals surface area contributed by atoms with Gasteiger partial charge in [-0.15, -0.1) is 9.42 Å². The van der Waals surface area contributed by atoms with Gasteiger partial charge in [0, 0.05) is 4.57 Å². The minimum absolute atomic E-state index is 0.616. The lowest BCUT2D eigenvalue weighted by Crippen LogP contribution is -2.32. The zero-order valence-corrected chi connectivity index (χ0v) is 13.6. The fraction of sp³-hybridized carbons (Fsp3) is 0.929. The van der Waals surface area contributed by atoms with Gasteiger partial charge in [0.1, 0.15) is 0 Å². The Kier molecular flexibility index (Phi) is 11.9. The van der Waals surface area contributed by atoms with E-state index < -0.39 is 13.9 Å². The van der Waals surface area contributed by atoms with Crippen molar-refractivity contribution >= 4 is 14.5 Å². The molecular formula is C14H29NO4P+. The van der Waals surface area contributed by atoms with Gasteiger partial charge in [-0.1, -0.05) is 57.5 Å². The highest BCUT2D eigenvalue weighted by Gasteiger charge is 2.38. The summed E-state index contributed by atoms with van der Waals surface area (Å²) >= 11 is 0. The molecule has 0 aromatic heterocycles. The van der Waals surface area contributed by atoms with Crippen LogP contribution < -0.4 is 0 Å². The van der Waals surface area contributed by atoms with E-state index in [-0.39, 0.29) is 0 Å². The second-order valence-corrected chi connectivity index (χ2v) is 5.92. The highest BCUT2D eigenvalue weighted by Crippen LogP contribution is 2.34. The van der Waals surface area contributed by atoms with Crippen LogP contribution in [-0.4, -0.2) is 21.9 Å². The summed E-state index contributed by atoms with van der Waals surface area (Å²) in [5.74, 6) is 0. The Bertz CT molecular complexity index is 272. The first-order chi connectivity index (χ1) is 9.60. The van der Waals surface area contributed by atoms with Gasteiger partial charge in [-0.2, -0.15) is 0 Å². The zero-order valence-electron chi connectivity index (χ0n) is 12.8. The molecule has 0 amide bonds. The maximum atomic E-state index is 11.1. The van der Waals surface area contributed by atoms with Gasteiger partial charge >= 0.3 is 8.25 Å². The molecular weight excluding hydrogens is 277 g/mol. The van der Waals surface area contributed by atoms with E-state index in [1.54, 1.807) is 0 Å². The molecule has 0 aliphatic rings. The predicted octanol–water partition coefficient (Wildman–Crippen LogP) is 4.79. The third-order valence-electron chi connectivity index (χ3n) is 3.46. The molecule has 118 valence electrons. The van der Waals surface area contributed by atoms with Crippen LogP contribution in [0.15, 0.2) is 5.16 Å². The van der Waals surface area contributed by atoms with Crippen LogP contribution >= 0.6 is 8.25 Å². The minimum Gasteiger partial charge on any atom is -0.411 e. The monoisotopic (exact) mass is 306 g/mol. The number of nitrogens with zero attached hydrogens (tertiary/aromatic N) is 1. The van der Waals surface area contributed by atoms with Crippen molar-refractivity contribution in [1.82, 2.24) is 0 Å². The number of rotatable bonds is 13. The van der Waals surface area contributed by atoms with Crippen LogP contribution in [0.2, 0.25) is 0 Å². The smallest absolute Gasteiger partial charge is 0.411 e. The molecule has 0 heterocycles. The van der Waals surface area contributed by atoms with Crippen molar-refractivity contribution in [2.45, 2.75) is 83.7 Å². The molecule has 1 unspecified atom stereocenters. The molecule has 0 fully saturated rings. The molecule has 2 N–H and O–H groups in total. The van der Waals surface area contributed by atoms with E-state index in [0.29, 0.717) is 12.8 Å². The van der Waals surface area contributed by atoms with Crippen molar-refractivity contribution in [3.05, 3.63) is 0 Å². The Morgan fingerprint density at radius 1 is 1.05 bits per heavy atom. The highest BCUT2D eigenvalue weighted by atomic mass is 31.1. The van der Waals surface area contributed by atoms with Gasteiger partial charge in [0.2, 0.25) is 0 Å². The van der Waals surface area contributed by atoms with Crippen LogP contribution in [0.1, 0.15) is 78.1 Å². The molecule has 0 radical (unpaired) electrons. The Morgan fingerprint density at radius 3 is 1.90 bits per heavy atom. The van der Waals surface area contributed by atoms with Crippen molar-refractivity contribution in [1.29, 1.82) is 0 Å². The predicted molar refractivity (Wildman–Crippen MR) is 81.4 cm³/mol. The first-order valence-corrected chi connectivity index (χ1v) is 8.77. The molecule has 0 spiro atoms. The third-order valence-corrected chi connectivity index (χ3v) is 3.98. The molecule has 0 aromatic carbocycles. The summed E-state index contributed by atoms with van der Waals surface area (Å²) in [5, 5.41) is 11.9. The summed E-state index contributed by atoms with van der Waals surface area (Å²) in [6.07, 6.45) is 11.0. The largest absolute Gasteiger partial charge is 0.695 e. The van der Waals surface area contributed by atoms with Crippen LogP contribution in [-0.2, 0) is 9.09 Å². The first kappa shape index (κ1) is 19.5. The number of unbranched alkanes of at least 4 members (excludes halogenated alkanes) is 6. The van der Waals surface area contributed by atoms with E-state index in [0.717, 1.165) is 51.4 Å². The quantitative estimate of drug-likeness (QED) is 0.168. The maximum absolute atomic E-state index is 11.1. The lowest BCUT2D eigenvalue weighted by atomic mass is 9.91. The summed E-state index contributed by atoms with van der Waals surface area (Å²) in [6.45, 7) is 4.27. The van der Waals surface area contributed by atoms with Gasteiger partial charge in [0.25, 0.3) is 0 Å². The normalized spacial score (nSPS) is 13.1. The van der Waals surface area contributed by atoms with Crippen LogP contribution in [0.4, 0.5) is 0 Å². The molecule has 5 nitrogen and oxygen atoms in total. The molecule has 20 heavy (non-hydrogen) atoms. The molecule has 6 heteroatoms. The van der Waals surface area contributed by atoms with Crippen molar-refractivity contribution in [2.24, 2.45) is 5.16 Å².